The molecule has 0 spiro atoms. The Balaban J connectivity index is 2.48. The van der Waals surface area contributed by atoms with Crippen molar-refractivity contribution in [2.24, 2.45) is 0 Å². The number of rotatable bonds is 7. The highest BCUT2D eigenvalue weighted by molar-refractivity contribution is 5.39. The van der Waals surface area contributed by atoms with E-state index in [1.165, 1.54) is 11.1 Å². The second kappa shape index (κ2) is 7.42. The first kappa shape index (κ1) is 15.0. The zero-order valence-corrected chi connectivity index (χ0v) is 12.1. The maximum Gasteiger partial charge on any atom is 0.122 e. The Morgan fingerprint density at radius 3 is 2.50 bits per heavy atom. The van der Waals surface area contributed by atoms with E-state index in [1.54, 1.807) is 0 Å². The van der Waals surface area contributed by atoms with E-state index in [4.69, 9.17) is 4.74 Å². The molecule has 0 amide bonds. The van der Waals surface area contributed by atoms with Crippen molar-refractivity contribution in [1.29, 1.82) is 0 Å². The molecule has 0 saturated carbocycles. The van der Waals surface area contributed by atoms with Crippen LogP contribution in [0.5, 0.6) is 5.75 Å². The zero-order valence-electron chi connectivity index (χ0n) is 12.1. The van der Waals surface area contributed by atoms with Crippen LogP contribution in [0, 0.1) is 6.92 Å². The van der Waals surface area contributed by atoms with E-state index in [2.05, 4.69) is 39.0 Å². The van der Waals surface area contributed by atoms with Crippen molar-refractivity contribution in [3.8, 4) is 5.75 Å². The summed E-state index contributed by atoms with van der Waals surface area (Å²) in [6.07, 6.45) is 2.67. The van der Waals surface area contributed by atoms with Gasteiger partial charge in [0, 0.05) is 0 Å². The van der Waals surface area contributed by atoms with E-state index in [0.717, 1.165) is 31.6 Å². The molecular formula is C16H26O2. The number of aliphatic hydroxyl groups excluding tert-OH is 1. The van der Waals surface area contributed by atoms with Crippen molar-refractivity contribution in [2.45, 2.75) is 59.0 Å². The maximum atomic E-state index is 9.18. The minimum Gasteiger partial charge on any atom is -0.493 e. The topological polar surface area (TPSA) is 29.5 Å². The number of unbranched alkanes of at least 4 members (excludes halogenated alkanes) is 1. The Kier molecular flexibility index (Phi) is 6.20. The van der Waals surface area contributed by atoms with Crippen LogP contribution < -0.4 is 4.74 Å². The first-order valence-corrected chi connectivity index (χ1v) is 6.92. The van der Waals surface area contributed by atoms with E-state index in [-0.39, 0.29) is 6.10 Å². The van der Waals surface area contributed by atoms with E-state index < -0.39 is 0 Å². The lowest BCUT2D eigenvalue weighted by atomic mass is 10.0. The first-order chi connectivity index (χ1) is 8.50. The highest BCUT2D eigenvalue weighted by atomic mass is 16.5. The van der Waals surface area contributed by atoms with Crippen LogP contribution in [-0.2, 0) is 0 Å². The minimum atomic E-state index is -0.199. The molecule has 0 aromatic heterocycles. The first-order valence-electron chi connectivity index (χ1n) is 6.92. The van der Waals surface area contributed by atoms with Gasteiger partial charge < -0.3 is 9.84 Å². The molecule has 0 saturated heterocycles. The molecule has 1 atom stereocenters. The second-order valence-electron chi connectivity index (χ2n) is 5.39. The molecule has 1 rings (SSSR count). The fourth-order valence-electron chi connectivity index (χ4n) is 1.97. The summed E-state index contributed by atoms with van der Waals surface area (Å²) in [5.41, 5.74) is 2.51. The third kappa shape index (κ3) is 5.09. The Bertz CT molecular complexity index is 356. The van der Waals surface area contributed by atoms with Gasteiger partial charge in [-0.3, -0.25) is 0 Å². The lowest BCUT2D eigenvalue weighted by Crippen LogP contribution is -2.04. The Hall–Kier alpha value is -1.02. The van der Waals surface area contributed by atoms with Crippen molar-refractivity contribution >= 4 is 0 Å². The fourth-order valence-corrected chi connectivity index (χ4v) is 1.97. The van der Waals surface area contributed by atoms with Gasteiger partial charge in [0.2, 0.25) is 0 Å². The molecule has 1 N–H and O–H groups in total. The van der Waals surface area contributed by atoms with E-state index in [0.29, 0.717) is 5.92 Å². The molecule has 0 heterocycles. The van der Waals surface area contributed by atoms with Crippen molar-refractivity contribution in [3.63, 3.8) is 0 Å². The van der Waals surface area contributed by atoms with Crippen LogP contribution in [0.1, 0.15) is 57.1 Å². The van der Waals surface area contributed by atoms with Gasteiger partial charge in [-0.15, -0.1) is 0 Å². The van der Waals surface area contributed by atoms with Gasteiger partial charge in [0.1, 0.15) is 5.75 Å². The molecule has 1 aromatic rings. The Labute approximate surface area is 111 Å². The van der Waals surface area contributed by atoms with Crippen LogP contribution in [0.4, 0.5) is 0 Å². The van der Waals surface area contributed by atoms with Gasteiger partial charge in [-0.1, -0.05) is 26.0 Å². The molecule has 18 heavy (non-hydrogen) atoms. The molecule has 1 aromatic carbocycles. The molecule has 102 valence electrons. The molecule has 0 radical (unpaired) electrons. The van der Waals surface area contributed by atoms with Crippen LogP contribution >= 0.6 is 0 Å². The van der Waals surface area contributed by atoms with Crippen LogP contribution in [0.15, 0.2) is 18.2 Å². The summed E-state index contributed by atoms with van der Waals surface area (Å²) < 4.78 is 5.88. The molecule has 0 aliphatic heterocycles. The predicted octanol–water partition coefficient (Wildman–Crippen LogP) is 4.05. The molecule has 0 aliphatic carbocycles. The maximum absolute atomic E-state index is 9.18. The van der Waals surface area contributed by atoms with E-state index in [9.17, 15) is 5.11 Å². The standard InChI is InChI=1S/C16H26O2/c1-12(2)15-9-8-13(3)11-16(15)18-10-6-5-7-14(4)17/h8-9,11-12,14,17H,5-7,10H2,1-4H3. The molecule has 2 heteroatoms. The summed E-state index contributed by atoms with van der Waals surface area (Å²) in [6.45, 7) is 9.02. The van der Waals surface area contributed by atoms with Crippen molar-refractivity contribution in [2.75, 3.05) is 6.61 Å². The van der Waals surface area contributed by atoms with Gasteiger partial charge in [0.05, 0.1) is 12.7 Å². The number of hydrogen-bond donors (Lipinski definition) is 1. The van der Waals surface area contributed by atoms with Crippen molar-refractivity contribution in [3.05, 3.63) is 29.3 Å². The van der Waals surface area contributed by atoms with Gasteiger partial charge in [-0.05, 0) is 56.2 Å². The summed E-state index contributed by atoms with van der Waals surface area (Å²) in [6, 6.07) is 6.41. The van der Waals surface area contributed by atoms with E-state index >= 15 is 0 Å². The Morgan fingerprint density at radius 1 is 1.17 bits per heavy atom. The third-order valence-corrected chi connectivity index (χ3v) is 3.06. The summed E-state index contributed by atoms with van der Waals surface area (Å²) in [7, 11) is 0. The van der Waals surface area contributed by atoms with Crippen LogP contribution in [0.25, 0.3) is 0 Å². The van der Waals surface area contributed by atoms with Crippen LogP contribution in [0.3, 0.4) is 0 Å². The molecule has 1 unspecified atom stereocenters. The molecule has 2 nitrogen and oxygen atoms in total. The number of ether oxygens (including phenoxy) is 1. The second-order valence-corrected chi connectivity index (χ2v) is 5.39. The van der Waals surface area contributed by atoms with Crippen LogP contribution in [0.2, 0.25) is 0 Å². The lowest BCUT2D eigenvalue weighted by Gasteiger charge is -2.15. The van der Waals surface area contributed by atoms with E-state index in [1.807, 2.05) is 6.92 Å². The number of benzene rings is 1. The SMILES string of the molecule is Cc1ccc(C(C)C)c(OCCCCC(C)O)c1. The molecule has 0 fully saturated rings. The fraction of sp³-hybridized carbons (Fsp3) is 0.625. The predicted molar refractivity (Wildman–Crippen MR) is 76.3 cm³/mol. The van der Waals surface area contributed by atoms with Gasteiger partial charge >= 0.3 is 0 Å². The van der Waals surface area contributed by atoms with Crippen molar-refractivity contribution < 1.29 is 9.84 Å². The quantitative estimate of drug-likeness (QED) is 0.740. The summed E-state index contributed by atoms with van der Waals surface area (Å²) in [4.78, 5) is 0. The number of aryl methyl sites for hydroxylation is 1. The highest BCUT2D eigenvalue weighted by Crippen LogP contribution is 2.27. The van der Waals surface area contributed by atoms with Crippen LogP contribution in [-0.4, -0.2) is 17.8 Å². The molecular weight excluding hydrogens is 224 g/mol. The number of aliphatic hydroxyl groups is 1. The summed E-state index contributed by atoms with van der Waals surface area (Å²) in [5.74, 6) is 1.50. The van der Waals surface area contributed by atoms with Crippen molar-refractivity contribution in [1.82, 2.24) is 0 Å². The monoisotopic (exact) mass is 250 g/mol. The van der Waals surface area contributed by atoms with Gasteiger partial charge in [0.15, 0.2) is 0 Å². The van der Waals surface area contributed by atoms with Gasteiger partial charge in [-0.25, -0.2) is 0 Å². The summed E-state index contributed by atoms with van der Waals surface area (Å²) in [5, 5.41) is 9.18. The van der Waals surface area contributed by atoms with Gasteiger partial charge in [-0.2, -0.15) is 0 Å². The lowest BCUT2D eigenvalue weighted by molar-refractivity contribution is 0.177. The average molecular weight is 250 g/mol. The Morgan fingerprint density at radius 2 is 1.89 bits per heavy atom. The normalized spacial score (nSPS) is 12.8. The largest absolute Gasteiger partial charge is 0.493 e. The number of hydrogen-bond acceptors (Lipinski definition) is 2. The molecule has 0 aliphatic rings. The third-order valence-electron chi connectivity index (χ3n) is 3.06. The summed E-state index contributed by atoms with van der Waals surface area (Å²) >= 11 is 0. The van der Waals surface area contributed by atoms with Gasteiger partial charge in [0.25, 0.3) is 0 Å². The average Bonchev–Trinajstić information content (AvgIpc) is 2.27. The smallest absolute Gasteiger partial charge is 0.122 e. The molecule has 0 bridgehead atoms. The highest BCUT2D eigenvalue weighted by Gasteiger charge is 2.07. The zero-order chi connectivity index (χ0) is 13.5. The minimum absolute atomic E-state index is 0.199.